The zero-order chi connectivity index (χ0) is 14.0. The predicted molar refractivity (Wildman–Crippen MR) is 73.9 cm³/mol. The minimum Gasteiger partial charge on any atom is -0.451 e. The van der Waals surface area contributed by atoms with Gasteiger partial charge in [-0.2, -0.15) is 0 Å². The van der Waals surface area contributed by atoms with Gasteiger partial charge in [-0.1, -0.05) is 0 Å². The third-order valence-corrected chi connectivity index (χ3v) is 2.98. The van der Waals surface area contributed by atoms with Gasteiger partial charge < -0.3 is 20.2 Å². The number of hydrogen-bond acceptors (Lipinski definition) is 4. The number of nitrogens with zero attached hydrogens (tertiary/aromatic N) is 1. The Labute approximate surface area is 111 Å². The van der Waals surface area contributed by atoms with Gasteiger partial charge in [0, 0.05) is 24.7 Å². The van der Waals surface area contributed by atoms with Crippen molar-refractivity contribution in [3.05, 3.63) is 30.0 Å². The van der Waals surface area contributed by atoms with Crippen molar-refractivity contribution in [1.29, 1.82) is 0 Å². The van der Waals surface area contributed by atoms with Gasteiger partial charge >= 0.3 is 0 Å². The number of carbonyl (C=O) groups excluding carboxylic acids is 1. The van der Waals surface area contributed by atoms with E-state index in [1.54, 1.807) is 38.2 Å². The Kier molecular flexibility index (Phi) is 3.76. The van der Waals surface area contributed by atoms with Crippen molar-refractivity contribution in [3.63, 3.8) is 0 Å². The normalized spacial score (nSPS) is 12.6. The maximum Gasteiger partial charge on any atom is 0.289 e. The number of aliphatic hydroxyl groups excluding tert-OH is 1. The number of carbonyl (C=O) groups is 1. The lowest BCUT2D eigenvalue weighted by atomic mass is 10.2. The molecule has 0 aliphatic rings. The molecule has 0 saturated heterocycles. The lowest BCUT2D eigenvalue weighted by Crippen LogP contribution is -2.29. The second-order valence-electron chi connectivity index (χ2n) is 4.77. The summed E-state index contributed by atoms with van der Waals surface area (Å²) >= 11 is 0. The monoisotopic (exact) mass is 262 g/mol. The van der Waals surface area contributed by atoms with Gasteiger partial charge in [0.05, 0.1) is 6.10 Å². The van der Waals surface area contributed by atoms with Crippen molar-refractivity contribution in [2.24, 2.45) is 0 Å². The topological polar surface area (TPSA) is 79.7 Å². The maximum absolute atomic E-state index is 12.1. The van der Waals surface area contributed by atoms with Crippen LogP contribution in [0, 0.1) is 0 Å². The number of hydrogen-bond donors (Lipinski definition) is 2. The Balaban J connectivity index is 2.16. The van der Waals surface area contributed by atoms with Crippen LogP contribution in [-0.4, -0.2) is 35.6 Å². The lowest BCUT2D eigenvalue weighted by Gasteiger charge is -2.16. The minimum absolute atomic E-state index is 0.199. The van der Waals surface area contributed by atoms with Gasteiger partial charge in [-0.15, -0.1) is 0 Å². The average molecular weight is 262 g/mol. The summed E-state index contributed by atoms with van der Waals surface area (Å²) in [5.74, 6) is 0.0871. The molecule has 0 fully saturated rings. The smallest absolute Gasteiger partial charge is 0.289 e. The highest BCUT2D eigenvalue weighted by Crippen LogP contribution is 2.22. The van der Waals surface area contributed by atoms with E-state index >= 15 is 0 Å². The number of nitrogens with two attached hydrogens (primary N) is 1. The van der Waals surface area contributed by atoms with E-state index in [2.05, 4.69) is 0 Å². The molecule has 1 atom stereocenters. The van der Waals surface area contributed by atoms with Crippen molar-refractivity contribution >= 4 is 22.6 Å². The number of amides is 1. The van der Waals surface area contributed by atoms with Gasteiger partial charge in [0.15, 0.2) is 5.76 Å². The standard InChI is InChI=1S/C14H18N2O3/c1-9(17)5-6-16(2)14(18)13-8-10-7-11(15)3-4-12(10)19-13/h3-4,7-9,17H,5-6,15H2,1-2H3. The molecule has 0 bridgehead atoms. The van der Waals surface area contributed by atoms with E-state index in [1.807, 2.05) is 0 Å². The third kappa shape index (κ3) is 3.06. The molecule has 2 aromatic rings. The Bertz CT molecular complexity index is 589. The Hall–Kier alpha value is -2.01. The van der Waals surface area contributed by atoms with Crippen LogP contribution in [0.2, 0.25) is 0 Å². The zero-order valence-electron chi connectivity index (χ0n) is 11.1. The molecular formula is C14H18N2O3. The van der Waals surface area contributed by atoms with Crippen LogP contribution in [0.15, 0.2) is 28.7 Å². The van der Waals surface area contributed by atoms with Crippen molar-refractivity contribution in [2.45, 2.75) is 19.4 Å². The Morgan fingerprint density at radius 2 is 2.21 bits per heavy atom. The summed E-state index contributed by atoms with van der Waals surface area (Å²) in [7, 11) is 1.69. The Morgan fingerprint density at radius 1 is 1.47 bits per heavy atom. The first kappa shape index (κ1) is 13.4. The number of benzene rings is 1. The number of fused-ring (bicyclic) bond motifs is 1. The van der Waals surface area contributed by atoms with E-state index in [1.165, 1.54) is 4.90 Å². The first-order valence-corrected chi connectivity index (χ1v) is 6.20. The average Bonchev–Trinajstić information content (AvgIpc) is 2.77. The largest absolute Gasteiger partial charge is 0.451 e. The summed E-state index contributed by atoms with van der Waals surface area (Å²) in [6.07, 6.45) is 0.112. The van der Waals surface area contributed by atoms with Crippen LogP contribution in [0.3, 0.4) is 0 Å². The molecule has 0 aliphatic heterocycles. The van der Waals surface area contributed by atoms with Gasteiger partial charge in [-0.3, -0.25) is 4.79 Å². The van der Waals surface area contributed by atoms with E-state index in [0.717, 1.165) is 5.39 Å². The molecule has 102 valence electrons. The highest BCUT2D eigenvalue weighted by atomic mass is 16.3. The van der Waals surface area contributed by atoms with E-state index < -0.39 is 6.10 Å². The first-order valence-electron chi connectivity index (χ1n) is 6.20. The molecule has 1 unspecified atom stereocenters. The fraction of sp³-hybridized carbons (Fsp3) is 0.357. The summed E-state index contributed by atoms with van der Waals surface area (Å²) < 4.78 is 5.50. The molecule has 3 N–H and O–H groups in total. The quantitative estimate of drug-likeness (QED) is 0.824. The van der Waals surface area contributed by atoms with E-state index in [9.17, 15) is 9.90 Å². The van der Waals surface area contributed by atoms with Crippen LogP contribution >= 0.6 is 0 Å². The van der Waals surface area contributed by atoms with Gasteiger partial charge in [-0.05, 0) is 37.6 Å². The highest BCUT2D eigenvalue weighted by Gasteiger charge is 2.17. The molecule has 0 saturated carbocycles. The number of nitrogen functional groups attached to an aromatic ring is 1. The summed E-state index contributed by atoms with van der Waals surface area (Å²) in [6.45, 7) is 2.18. The SMILES string of the molecule is CC(O)CCN(C)C(=O)c1cc2cc(N)ccc2o1. The van der Waals surface area contributed by atoms with E-state index in [4.69, 9.17) is 10.2 Å². The minimum atomic E-state index is -0.425. The molecule has 1 heterocycles. The van der Waals surface area contributed by atoms with E-state index in [-0.39, 0.29) is 11.7 Å². The maximum atomic E-state index is 12.1. The van der Waals surface area contributed by atoms with Gasteiger partial charge in [0.1, 0.15) is 5.58 Å². The molecular weight excluding hydrogens is 244 g/mol. The predicted octanol–water partition coefficient (Wildman–Crippen LogP) is 1.86. The van der Waals surface area contributed by atoms with Crippen molar-refractivity contribution < 1.29 is 14.3 Å². The van der Waals surface area contributed by atoms with Gasteiger partial charge in [0.25, 0.3) is 5.91 Å². The molecule has 0 radical (unpaired) electrons. The molecule has 1 aromatic heterocycles. The van der Waals surface area contributed by atoms with Gasteiger partial charge in [0.2, 0.25) is 0 Å². The van der Waals surface area contributed by atoms with Crippen LogP contribution in [0.4, 0.5) is 5.69 Å². The van der Waals surface area contributed by atoms with E-state index in [0.29, 0.717) is 24.2 Å². The molecule has 5 heteroatoms. The third-order valence-electron chi connectivity index (χ3n) is 2.98. The fourth-order valence-electron chi connectivity index (χ4n) is 1.84. The molecule has 1 amide bonds. The molecule has 5 nitrogen and oxygen atoms in total. The van der Waals surface area contributed by atoms with Crippen molar-refractivity contribution in [1.82, 2.24) is 4.90 Å². The van der Waals surface area contributed by atoms with Crippen LogP contribution in [0.25, 0.3) is 11.0 Å². The highest BCUT2D eigenvalue weighted by molar-refractivity contribution is 5.96. The summed E-state index contributed by atoms with van der Waals surface area (Å²) in [4.78, 5) is 13.7. The lowest BCUT2D eigenvalue weighted by molar-refractivity contribution is 0.0740. The Morgan fingerprint density at radius 3 is 2.89 bits per heavy atom. The zero-order valence-corrected chi connectivity index (χ0v) is 11.1. The molecule has 0 spiro atoms. The number of anilines is 1. The molecule has 19 heavy (non-hydrogen) atoms. The van der Waals surface area contributed by atoms with Crippen molar-refractivity contribution in [2.75, 3.05) is 19.3 Å². The van der Waals surface area contributed by atoms with Crippen LogP contribution < -0.4 is 5.73 Å². The van der Waals surface area contributed by atoms with Crippen molar-refractivity contribution in [3.8, 4) is 0 Å². The second kappa shape index (κ2) is 5.32. The molecule has 0 aliphatic carbocycles. The van der Waals surface area contributed by atoms with Crippen LogP contribution in [0.5, 0.6) is 0 Å². The van der Waals surface area contributed by atoms with Gasteiger partial charge in [-0.25, -0.2) is 0 Å². The number of rotatable bonds is 4. The summed E-state index contributed by atoms with van der Waals surface area (Å²) in [5, 5.41) is 10.0. The van der Waals surface area contributed by atoms with Crippen LogP contribution in [0.1, 0.15) is 23.9 Å². The summed E-state index contributed by atoms with van der Waals surface area (Å²) in [6, 6.07) is 6.94. The summed E-state index contributed by atoms with van der Waals surface area (Å²) in [5.41, 5.74) is 6.96. The molecule has 2 rings (SSSR count). The fourth-order valence-corrected chi connectivity index (χ4v) is 1.84. The molecule has 1 aromatic carbocycles. The number of furan rings is 1. The number of aliphatic hydroxyl groups is 1. The second-order valence-corrected chi connectivity index (χ2v) is 4.77. The van der Waals surface area contributed by atoms with Crippen LogP contribution in [-0.2, 0) is 0 Å². The first-order chi connectivity index (χ1) is 8.97.